The van der Waals surface area contributed by atoms with Gasteiger partial charge in [-0.3, -0.25) is 0 Å². The number of nitrogens with two attached hydrogens (primary N) is 1. The lowest BCUT2D eigenvalue weighted by molar-refractivity contribution is -0.692. The van der Waals surface area contributed by atoms with Crippen molar-refractivity contribution >= 4 is 0 Å². The van der Waals surface area contributed by atoms with Gasteiger partial charge in [0.1, 0.15) is 0 Å². The summed E-state index contributed by atoms with van der Waals surface area (Å²) in [6.07, 6.45) is 6.93. The first-order valence-corrected chi connectivity index (χ1v) is 4.37. The highest BCUT2D eigenvalue weighted by Crippen LogP contribution is 2.14. The summed E-state index contributed by atoms with van der Waals surface area (Å²) in [5.74, 6) is 0. The van der Waals surface area contributed by atoms with Crippen LogP contribution in [0.15, 0.2) is 0 Å². The fourth-order valence-corrected chi connectivity index (χ4v) is 1.68. The maximum Gasteiger partial charge on any atom is 0.0992 e. The van der Waals surface area contributed by atoms with Crippen LogP contribution in [0.5, 0.6) is 0 Å². The van der Waals surface area contributed by atoms with E-state index in [2.05, 4.69) is 5.32 Å². The van der Waals surface area contributed by atoms with Gasteiger partial charge >= 0.3 is 0 Å². The number of quaternary nitrogens is 1. The molecule has 1 saturated carbocycles. The highest BCUT2D eigenvalue weighted by molar-refractivity contribution is 4.61. The van der Waals surface area contributed by atoms with Gasteiger partial charge in [0.15, 0.2) is 0 Å². The van der Waals surface area contributed by atoms with Crippen LogP contribution in [0.4, 0.5) is 0 Å². The van der Waals surface area contributed by atoms with E-state index in [0.29, 0.717) is 6.61 Å². The fourth-order valence-electron chi connectivity index (χ4n) is 1.68. The van der Waals surface area contributed by atoms with Crippen molar-refractivity contribution in [1.82, 2.24) is 0 Å². The van der Waals surface area contributed by atoms with Gasteiger partial charge in [0.25, 0.3) is 0 Å². The van der Waals surface area contributed by atoms with E-state index in [1.165, 1.54) is 32.1 Å². The molecule has 0 aromatic rings. The third kappa shape index (κ3) is 2.67. The van der Waals surface area contributed by atoms with Crippen LogP contribution in [0, 0.1) is 0 Å². The molecule has 0 radical (unpaired) electrons. The summed E-state index contributed by atoms with van der Waals surface area (Å²) >= 11 is 0. The van der Waals surface area contributed by atoms with E-state index in [-0.39, 0.29) is 0 Å². The van der Waals surface area contributed by atoms with E-state index >= 15 is 0 Å². The van der Waals surface area contributed by atoms with E-state index < -0.39 is 0 Å². The van der Waals surface area contributed by atoms with Crippen LogP contribution in [-0.2, 0) is 0 Å². The quantitative estimate of drug-likeness (QED) is 0.569. The van der Waals surface area contributed by atoms with Gasteiger partial charge in [0.05, 0.1) is 19.2 Å². The van der Waals surface area contributed by atoms with E-state index in [1.807, 2.05) is 0 Å². The summed E-state index contributed by atoms with van der Waals surface area (Å²) in [6.45, 7) is 1.22. The molecule has 0 saturated heterocycles. The molecule has 2 heteroatoms. The van der Waals surface area contributed by atoms with Gasteiger partial charge in [-0.15, -0.1) is 0 Å². The first-order valence-electron chi connectivity index (χ1n) is 4.37. The lowest BCUT2D eigenvalue weighted by Gasteiger charge is -2.19. The third-order valence-corrected chi connectivity index (χ3v) is 2.28. The zero-order valence-corrected chi connectivity index (χ0v) is 6.55. The largest absolute Gasteiger partial charge is 0.391 e. The molecule has 0 bridgehead atoms. The van der Waals surface area contributed by atoms with Crippen LogP contribution in [0.3, 0.4) is 0 Å². The maximum atomic E-state index is 8.57. The number of hydrogen-bond donors (Lipinski definition) is 2. The molecule has 10 heavy (non-hydrogen) atoms. The van der Waals surface area contributed by atoms with Crippen molar-refractivity contribution < 1.29 is 10.4 Å². The Labute approximate surface area is 62.6 Å². The second-order valence-corrected chi connectivity index (χ2v) is 3.15. The van der Waals surface area contributed by atoms with Gasteiger partial charge in [-0.25, -0.2) is 0 Å². The average Bonchev–Trinajstić information content (AvgIpc) is 2.03. The number of aliphatic hydroxyl groups is 1. The van der Waals surface area contributed by atoms with Gasteiger partial charge < -0.3 is 10.4 Å². The van der Waals surface area contributed by atoms with Gasteiger partial charge in [0.2, 0.25) is 0 Å². The molecule has 0 aromatic heterocycles. The first-order chi connectivity index (χ1) is 4.93. The fraction of sp³-hybridized carbons (Fsp3) is 1.00. The Morgan fingerprint density at radius 1 is 1.20 bits per heavy atom. The monoisotopic (exact) mass is 144 g/mol. The minimum Gasteiger partial charge on any atom is -0.391 e. The van der Waals surface area contributed by atoms with E-state index in [0.717, 1.165) is 12.6 Å². The molecule has 0 aromatic carbocycles. The van der Waals surface area contributed by atoms with Crippen molar-refractivity contribution in [2.45, 2.75) is 38.1 Å². The second kappa shape index (κ2) is 4.69. The highest BCUT2D eigenvalue weighted by atomic mass is 16.3. The minimum absolute atomic E-state index is 0.330. The Morgan fingerprint density at radius 3 is 2.50 bits per heavy atom. The topological polar surface area (TPSA) is 36.8 Å². The zero-order chi connectivity index (χ0) is 7.23. The van der Waals surface area contributed by atoms with E-state index in [1.54, 1.807) is 0 Å². The third-order valence-electron chi connectivity index (χ3n) is 2.28. The van der Waals surface area contributed by atoms with Crippen molar-refractivity contribution in [3.8, 4) is 0 Å². The smallest absolute Gasteiger partial charge is 0.0992 e. The normalized spacial score (nSPS) is 21.3. The van der Waals surface area contributed by atoms with Crippen molar-refractivity contribution in [1.29, 1.82) is 0 Å². The molecule has 0 spiro atoms. The first kappa shape index (κ1) is 8.02. The average molecular weight is 144 g/mol. The predicted octanol–water partition coefficient (Wildman–Crippen LogP) is -0.125. The van der Waals surface area contributed by atoms with Gasteiger partial charge in [0, 0.05) is 0 Å². The summed E-state index contributed by atoms with van der Waals surface area (Å²) < 4.78 is 0. The molecular weight excluding hydrogens is 126 g/mol. The maximum absolute atomic E-state index is 8.57. The van der Waals surface area contributed by atoms with Gasteiger partial charge in [-0.2, -0.15) is 0 Å². The van der Waals surface area contributed by atoms with Crippen LogP contribution >= 0.6 is 0 Å². The molecule has 0 heterocycles. The number of aliphatic hydroxyl groups excluding tert-OH is 1. The van der Waals surface area contributed by atoms with Crippen LogP contribution in [0.2, 0.25) is 0 Å². The van der Waals surface area contributed by atoms with Crippen LogP contribution < -0.4 is 5.32 Å². The predicted molar refractivity (Wildman–Crippen MR) is 40.8 cm³/mol. The molecule has 0 unspecified atom stereocenters. The summed E-state index contributed by atoms with van der Waals surface area (Å²) in [4.78, 5) is 0. The number of hydrogen-bond acceptors (Lipinski definition) is 1. The van der Waals surface area contributed by atoms with Crippen molar-refractivity contribution in [2.75, 3.05) is 13.2 Å². The molecular formula is C8H18NO+. The minimum atomic E-state index is 0.330. The molecule has 60 valence electrons. The SMILES string of the molecule is OCC[NH2+]C1CCCCC1. The Kier molecular flexibility index (Phi) is 3.76. The van der Waals surface area contributed by atoms with Crippen molar-refractivity contribution in [3.05, 3.63) is 0 Å². The Hall–Kier alpha value is -0.0800. The van der Waals surface area contributed by atoms with Crippen molar-refractivity contribution in [3.63, 3.8) is 0 Å². The molecule has 0 atom stereocenters. The van der Waals surface area contributed by atoms with Crippen LogP contribution in [0.1, 0.15) is 32.1 Å². The summed E-state index contributed by atoms with van der Waals surface area (Å²) in [5.41, 5.74) is 0. The standard InChI is InChI=1S/C8H17NO/c10-7-6-9-8-4-2-1-3-5-8/h8-10H,1-7H2/p+1. The molecule has 1 rings (SSSR count). The number of rotatable bonds is 3. The summed E-state index contributed by atoms with van der Waals surface area (Å²) in [6, 6.07) is 0.820. The zero-order valence-electron chi connectivity index (χ0n) is 6.55. The van der Waals surface area contributed by atoms with Gasteiger partial charge in [-0.05, 0) is 25.7 Å². The van der Waals surface area contributed by atoms with Crippen LogP contribution in [-0.4, -0.2) is 24.3 Å². The lowest BCUT2D eigenvalue weighted by atomic mass is 9.96. The molecule has 1 aliphatic carbocycles. The molecule has 2 nitrogen and oxygen atoms in total. The Balaban J connectivity index is 2.02. The Bertz CT molecular complexity index is 79.3. The van der Waals surface area contributed by atoms with Gasteiger partial charge in [-0.1, -0.05) is 6.42 Å². The molecule has 0 amide bonds. The molecule has 3 N–H and O–H groups in total. The highest BCUT2D eigenvalue weighted by Gasteiger charge is 2.14. The van der Waals surface area contributed by atoms with Crippen LogP contribution in [0.25, 0.3) is 0 Å². The van der Waals surface area contributed by atoms with Crippen molar-refractivity contribution in [2.24, 2.45) is 0 Å². The second-order valence-electron chi connectivity index (χ2n) is 3.15. The summed E-state index contributed by atoms with van der Waals surface area (Å²) in [5, 5.41) is 10.9. The van der Waals surface area contributed by atoms with E-state index in [9.17, 15) is 0 Å². The molecule has 1 fully saturated rings. The summed E-state index contributed by atoms with van der Waals surface area (Å²) in [7, 11) is 0. The lowest BCUT2D eigenvalue weighted by Crippen LogP contribution is -2.90. The molecule has 1 aliphatic rings. The van der Waals surface area contributed by atoms with E-state index in [4.69, 9.17) is 5.11 Å². The Morgan fingerprint density at radius 2 is 1.90 bits per heavy atom. The molecule has 0 aliphatic heterocycles.